The van der Waals surface area contributed by atoms with Gasteiger partial charge in [0.2, 0.25) is 0 Å². The van der Waals surface area contributed by atoms with Crippen LogP contribution in [0.2, 0.25) is 0 Å². The van der Waals surface area contributed by atoms with Crippen molar-refractivity contribution in [2.24, 2.45) is 0 Å². The molecule has 2 aromatic carbocycles. The van der Waals surface area contributed by atoms with Gasteiger partial charge in [-0.3, -0.25) is 14.9 Å². The topological polar surface area (TPSA) is 185 Å². The van der Waals surface area contributed by atoms with Crippen LogP contribution >= 0.6 is 0 Å². The summed E-state index contributed by atoms with van der Waals surface area (Å²) in [7, 11) is 0. The molecule has 2 aromatic rings. The number of esters is 1. The number of hydrogen-bond acceptors (Lipinski definition) is 8. The van der Waals surface area contributed by atoms with E-state index in [0.717, 1.165) is 0 Å². The molecule has 0 radical (unpaired) electrons. The molecule has 4 rings (SSSR count). The van der Waals surface area contributed by atoms with Crippen LogP contribution in [-0.4, -0.2) is 56.6 Å². The first-order chi connectivity index (χ1) is 17.4. The number of carbonyl (C=O) groups excluding carboxylic acids is 2. The summed E-state index contributed by atoms with van der Waals surface area (Å²) < 4.78 is 5.67. The number of carboxylic acids is 2. The number of aliphatic carboxylic acids is 1. The number of nitro benzene ring substituents is 1. The lowest BCUT2D eigenvalue weighted by atomic mass is 9.59. The molecule has 0 aromatic heterocycles. The minimum Gasteiger partial charge on any atom is -0.478 e. The molecule has 192 valence electrons. The highest BCUT2D eigenvalue weighted by atomic mass is 16.6. The van der Waals surface area contributed by atoms with E-state index in [-0.39, 0.29) is 46.6 Å². The van der Waals surface area contributed by atoms with E-state index in [1.807, 2.05) is 0 Å². The fourth-order valence-electron chi connectivity index (χ4n) is 5.20. The third-order valence-corrected chi connectivity index (χ3v) is 6.95. The van der Waals surface area contributed by atoms with Gasteiger partial charge in [0.1, 0.15) is 0 Å². The van der Waals surface area contributed by atoms with Crippen molar-refractivity contribution in [3.8, 4) is 0 Å². The van der Waals surface area contributed by atoms with Crippen LogP contribution in [0.4, 0.5) is 5.69 Å². The number of nitrogens with one attached hydrogen (secondary N) is 2. The van der Waals surface area contributed by atoms with E-state index in [1.165, 1.54) is 55.5 Å². The number of carboxylic acid groups (broad SMARTS) is 2. The Bertz CT molecular complexity index is 1380. The second kappa shape index (κ2) is 9.04. The second-order valence-corrected chi connectivity index (χ2v) is 9.01. The van der Waals surface area contributed by atoms with Gasteiger partial charge in [-0.15, -0.1) is 0 Å². The molecule has 0 bridgehead atoms. The van der Waals surface area contributed by atoms with E-state index in [9.17, 15) is 39.5 Å². The molecule has 12 heteroatoms. The number of non-ortho nitro benzene ring substituents is 1. The lowest BCUT2D eigenvalue weighted by Crippen LogP contribution is -2.81. The maximum atomic E-state index is 12.8. The third-order valence-electron chi connectivity index (χ3n) is 6.95. The average molecular weight is 509 g/mol. The highest BCUT2D eigenvalue weighted by molar-refractivity contribution is 6.04. The fraction of sp³-hybridized carbons (Fsp3) is 0.280. The van der Waals surface area contributed by atoms with Crippen LogP contribution < -0.4 is 10.6 Å². The van der Waals surface area contributed by atoms with E-state index in [0.29, 0.717) is 0 Å². The molecule has 3 atom stereocenters. The SMILES string of the molecule is CC1=C(C(=O)O)[C@@H](c2cccc([N+](=O)[O-])c2)C2(CCNC(=O)c3ccccc3C(=O)O)OC(=O)C2(C)N1. The van der Waals surface area contributed by atoms with Crippen molar-refractivity contribution in [3.63, 3.8) is 0 Å². The first-order valence-electron chi connectivity index (χ1n) is 11.2. The Labute approximate surface area is 210 Å². The Morgan fingerprint density at radius 3 is 2.38 bits per heavy atom. The normalized spacial score (nSPS) is 24.2. The maximum Gasteiger partial charge on any atom is 0.336 e. The predicted octanol–water partition coefficient (Wildman–Crippen LogP) is 2.21. The zero-order chi connectivity index (χ0) is 27.1. The van der Waals surface area contributed by atoms with Gasteiger partial charge in [0.05, 0.1) is 27.5 Å². The number of amides is 1. The van der Waals surface area contributed by atoms with Crippen molar-refractivity contribution < 1.29 is 39.1 Å². The molecule has 2 heterocycles. The monoisotopic (exact) mass is 509 g/mol. The molecule has 0 saturated carbocycles. The molecule has 2 aliphatic heterocycles. The quantitative estimate of drug-likeness (QED) is 0.234. The van der Waals surface area contributed by atoms with Gasteiger partial charge in [-0.05, 0) is 31.5 Å². The average Bonchev–Trinajstić information content (AvgIpc) is 2.85. The number of aromatic carboxylic acids is 1. The van der Waals surface area contributed by atoms with Crippen molar-refractivity contribution in [2.45, 2.75) is 37.3 Å². The minimum atomic E-state index is -1.52. The number of nitrogens with zero attached hydrogens (tertiary/aromatic N) is 1. The molecule has 12 nitrogen and oxygen atoms in total. The molecule has 0 aliphatic carbocycles. The molecule has 1 saturated heterocycles. The van der Waals surface area contributed by atoms with Crippen LogP contribution in [0, 0.1) is 10.1 Å². The number of carbonyl (C=O) groups is 4. The first-order valence-corrected chi connectivity index (χ1v) is 11.2. The van der Waals surface area contributed by atoms with E-state index in [2.05, 4.69) is 10.6 Å². The second-order valence-electron chi connectivity index (χ2n) is 9.01. The Morgan fingerprint density at radius 1 is 1.11 bits per heavy atom. The zero-order valence-corrected chi connectivity index (χ0v) is 19.8. The maximum absolute atomic E-state index is 12.8. The lowest BCUT2D eigenvalue weighted by molar-refractivity contribution is -0.385. The fourth-order valence-corrected chi connectivity index (χ4v) is 5.20. The van der Waals surface area contributed by atoms with Crippen molar-refractivity contribution in [1.82, 2.24) is 10.6 Å². The number of ether oxygens (including phenoxy) is 1. The van der Waals surface area contributed by atoms with E-state index >= 15 is 0 Å². The van der Waals surface area contributed by atoms with Crippen molar-refractivity contribution in [2.75, 3.05) is 6.54 Å². The van der Waals surface area contributed by atoms with Gasteiger partial charge in [0, 0.05) is 30.8 Å². The summed E-state index contributed by atoms with van der Waals surface area (Å²) in [5.74, 6) is -5.00. The van der Waals surface area contributed by atoms with Gasteiger partial charge in [0.25, 0.3) is 11.6 Å². The summed E-state index contributed by atoms with van der Waals surface area (Å²) in [6, 6.07) is 11.1. The Kier molecular flexibility index (Phi) is 6.20. The van der Waals surface area contributed by atoms with Crippen LogP contribution in [0.3, 0.4) is 0 Å². The summed E-state index contributed by atoms with van der Waals surface area (Å²) in [5.41, 5.74) is -3.11. The molecule has 1 amide bonds. The molecule has 0 spiro atoms. The summed E-state index contributed by atoms with van der Waals surface area (Å²) in [4.78, 5) is 60.1. The summed E-state index contributed by atoms with van der Waals surface area (Å²) in [5, 5.41) is 36.4. The Morgan fingerprint density at radius 2 is 1.78 bits per heavy atom. The smallest absolute Gasteiger partial charge is 0.336 e. The third kappa shape index (κ3) is 3.96. The molecule has 37 heavy (non-hydrogen) atoms. The van der Waals surface area contributed by atoms with Gasteiger partial charge >= 0.3 is 17.9 Å². The summed E-state index contributed by atoms with van der Waals surface area (Å²) >= 11 is 0. The predicted molar refractivity (Wildman–Crippen MR) is 127 cm³/mol. The van der Waals surface area contributed by atoms with Gasteiger partial charge in [-0.1, -0.05) is 24.3 Å². The van der Waals surface area contributed by atoms with Crippen LogP contribution in [0.15, 0.2) is 59.8 Å². The molecule has 2 unspecified atom stereocenters. The summed E-state index contributed by atoms with van der Waals surface area (Å²) in [6.07, 6.45) is -0.0688. The molecule has 2 aliphatic rings. The minimum absolute atomic E-state index is 0.0688. The van der Waals surface area contributed by atoms with Crippen LogP contribution in [-0.2, 0) is 14.3 Å². The number of nitro groups is 1. The molecular weight excluding hydrogens is 486 g/mol. The molecule has 1 fully saturated rings. The van der Waals surface area contributed by atoms with Gasteiger partial charge in [-0.25, -0.2) is 14.4 Å². The number of hydrogen-bond donors (Lipinski definition) is 4. The van der Waals surface area contributed by atoms with Crippen LogP contribution in [0.25, 0.3) is 0 Å². The number of allylic oxidation sites excluding steroid dienone is 1. The first kappa shape index (κ1) is 25.4. The summed E-state index contributed by atoms with van der Waals surface area (Å²) in [6.45, 7) is 2.93. The zero-order valence-electron chi connectivity index (χ0n) is 19.8. The van der Waals surface area contributed by atoms with Crippen LogP contribution in [0.5, 0.6) is 0 Å². The lowest BCUT2D eigenvalue weighted by Gasteiger charge is -2.61. The van der Waals surface area contributed by atoms with Crippen molar-refractivity contribution in [3.05, 3.63) is 86.6 Å². The van der Waals surface area contributed by atoms with E-state index in [4.69, 9.17) is 4.74 Å². The van der Waals surface area contributed by atoms with Crippen LogP contribution in [0.1, 0.15) is 52.5 Å². The van der Waals surface area contributed by atoms with Crippen molar-refractivity contribution in [1.29, 1.82) is 0 Å². The van der Waals surface area contributed by atoms with Gasteiger partial charge < -0.3 is 25.6 Å². The van der Waals surface area contributed by atoms with Crippen molar-refractivity contribution >= 4 is 29.5 Å². The van der Waals surface area contributed by atoms with E-state index < -0.39 is 45.8 Å². The highest BCUT2D eigenvalue weighted by Gasteiger charge is 2.73. The van der Waals surface area contributed by atoms with Gasteiger partial charge in [-0.2, -0.15) is 0 Å². The number of fused-ring (bicyclic) bond motifs is 1. The Hall–Kier alpha value is -4.74. The largest absolute Gasteiger partial charge is 0.478 e. The van der Waals surface area contributed by atoms with Gasteiger partial charge in [0.15, 0.2) is 11.1 Å². The Balaban J connectivity index is 1.73. The highest BCUT2D eigenvalue weighted by Crippen LogP contribution is 2.56. The molecular formula is C25H23N3O9. The number of benzene rings is 2. The van der Waals surface area contributed by atoms with E-state index in [1.54, 1.807) is 6.92 Å². The standard InChI is InChI=1S/C25H23N3O9/c1-13-18(22(32)33)19(14-6-5-7-15(12-14)28(35)36)25(24(2,27-13)23(34)37-25)10-11-26-20(29)16-8-3-4-9-17(16)21(30)31/h3-9,12,19,27H,10-11H2,1-2H3,(H,26,29)(H,30,31)(H,32,33)/t19-,24?,25?/m1/s1. The number of rotatable bonds is 8. The molecule has 4 N–H and O–H groups in total.